The van der Waals surface area contributed by atoms with Crippen LogP contribution in [-0.2, 0) is 0 Å². The van der Waals surface area contributed by atoms with Crippen molar-refractivity contribution in [2.45, 2.75) is 0 Å². The lowest BCUT2D eigenvalue weighted by atomic mass is 9.88. The van der Waals surface area contributed by atoms with Crippen LogP contribution in [0.4, 0.5) is 5.69 Å². The van der Waals surface area contributed by atoms with Crippen LogP contribution in [0.3, 0.4) is 0 Å². The predicted octanol–water partition coefficient (Wildman–Crippen LogP) is 10.6. The Morgan fingerprint density at radius 2 is 1.24 bits per heavy atom. The fourth-order valence-corrected chi connectivity index (χ4v) is 6.88. The van der Waals surface area contributed by atoms with E-state index in [0.717, 1.165) is 44.4 Å². The highest BCUT2D eigenvalue weighted by atomic mass is 15.3. The van der Waals surface area contributed by atoms with Gasteiger partial charge in [0.25, 0.3) is 0 Å². The smallest absolute Gasteiger partial charge is 0.117 e. The zero-order valence-corrected chi connectivity index (χ0v) is 24.9. The van der Waals surface area contributed by atoms with Crippen molar-refractivity contribution in [2.75, 3.05) is 5.43 Å². The molecule has 1 aromatic heterocycles. The summed E-state index contributed by atoms with van der Waals surface area (Å²) < 4.78 is 2.37. The summed E-state index contributed by atoms with van der Waals surface area (Å²) in [6.07, 6.45) is 3.83. The molecular weight excluding hydrogens is 560 g/mol. The summed E-state index contributed by atoms with van der Waals surface area (Å²) in [5, 5.41) is 20.7. The average molecular weight is 589 g/mol. The highest BCUT2D eigenvalue weighted by Gasteiger charge is 2.20. The zero-order valence-electron chi connectivity index (χ0n) is 24.9. The number of rotatable bonds is 4. The third-order valence-corrected chi connectivity index (χ3v) is 9.07. The van der Waals surface area contributed by atoms with Crippen LogP contribution in [0.15, 0.2) is 157 Å². The third kappa shape index (κ3) is 4.15. The molecule has 0 aliphatic heterocycles. The van der Waals surface area contributed by atoms with Crippen LogP contribution in [0.25, 0.3) is 66.2 Å². The Labute approximate surface area is 266 Å². The van der Waals surface area contributed by atoms with Crippen molar-refractivity contribution in [1.82, 2.24) is 4.57 Å². The second kappa shape index (κ2) is 10.4. The molecule has 0 saturated carbocycles. The van der Waals surface area contributed by atoms with Crippen LogP contribution < -0.4 is 5.43 Å². The van der Waals surface area contributed by atoms with Crippen molar-refractivity contribution in [3.05, 3.63) is 163 Å². The van der Waals surface area contributed by atoms with E-state index in [1.165, 1.54) is 32.6 Å². The van der Waals surface area contributed by atoms with E-state index in [2.05, 4.69) is 125 Å². The van der Waals surface area contributed by atoms with E-state index in [4.69, 9.17) is 10.5 Å². The molecule has 4 heteroatoms. The van der Waals surface area contributed by atoms with E-state index in [0.29, 0.717) is 11.4 Å². The van der Waals surface area contributed by atoms with Gasteiger partial charge in [-0.1, -0.05) is 109 Å². The van der Waals surface area contributed by atoms with Crippen molar-refractivity contribution < 1.29 is 0 Å². The van der Waals surface area contributed by atoms with E-state index in [-0.39, 0.29) is 0 Å². The number of nitrogens with one attached hydrogen (secondary N) is 2. The Balaban J connectivity index is 1.15. The van der Waals surface area contributed by atoms with Crippen LogP contribution in [0, 0.1) is 5.41 Å². The Morgan fingerprint density at radius 1 is 0.543 bits per heavy atom. The number of fused-ring (bicyclic) bond motifs is 8. The first-order chi connectivity index (χ1) is 22.7. The van der Waals surface area contributed by atoms with Crippen LogP contribution in [0.1, 0.15) is 11.1 Å². The second-order valence-electron chi connectivity index (χ2n) is 11.7. The Bertz CT molecular complexity index is 2550. The molecule has 8 aromatic rings. The minimum absolute atomic E-state index is 0.386. The van der Waals surface area contributed by atoms with E-state index in [1.807, 2.05) is 42.5 Å². The van der Waals surface area contributed by atoms with Gasteiger partial charge in [0, 0.05) is 22.0 Å². The molecule has 1 heterocycles. The lowest BCUT2D eigenvalue weighted by Crippen LogP contribution is -2.19. The summed E-state index contributed by atoms with van der Waals surface area (Å²) in [5.41, 5.74) is 12.9. The van der Waals surface area contributed by atoms with Crippen molar-refractivity contribution in [2.24, 2.45) is 5.10 Å². The molecule has 4 nitrogen and oxygen atoms in total. The number of hydrogen-bond donors (Lipinski definition) is 2. The molecule has 0 saturated heterocycles. The van der Waals surface area contributed by atoms with Gasteiger partial charge >= 0.3 is 0 Å². The summed E-state index contributed by atoms with van der Waals surface area (Å²) in [6.45, 7) is 0. The summed E-state index contributed by atoms with van der Waals surface area (Å²) in [7, 11) is 0. The van der Waals surface area contributed by atoms with Gasteiger partial charge in [0.05, 0.1) is 22.4 Å². The standard InChI is InChI=1S/C42H28N4/c43-37-24-20-30-16-14-29-15-17-31(26-36(29)40(30)42(37)45-44-32-9-2-1-3-10-32)27-18-22-33(23-19-27)46-38-13-7-6-12-35(38)41-34-11-5-4-8-28(34)21-25-39(41)46/h1-26,43-44H/b43-37?,45-42+. The fraction of sp³-hybridized carbons (Fsp3) is 0. The van der Waals surface area contributed by atoms with Gasteiger partial charge in [0.2, 0.25) is 0 Å². The number of nitrogens with zero attached hydrogens (tertiary/aromatic N) is 2. The van der Waals surface area contributed by atoms with Gasteiger partial charge in [0.15, 0.2) is 0 Å². The van der Waals surface area contributed by atoms with Crippen LogP contribution in [0.5, 0.6) is 0 Å². The predicted molar refractivity (Wildman–Crippen MR) is 195 cm³/mol. The van der Waals surface area contributed by atoms with Crippen LogP contribution in [0.2, 0.25) is 0 Å². The van der Waals surface area contributed by atoms with Crippen molar-refractivity contribution in [1.29, 1.82) is 5.41 Å². The molecule has 0 atom stereocenters. The third-order valence-electron chi connectivity index (χ3n) is 9.07. The molecule has 2 N–H and O–H groups in total. The van der Waals surface area contributed by atoms with Gasteiger partial charge in [-0.15, -0.1) is 0 Å². The maximum atomic E-state index is 8.73. The molecule has 1 aliphatic carbocycles. The molecule has 0 spiro atoms. The Hall–Kier alpha value is -6.26. The summed E-state index contributed by atoms with van der Waals surface area (Å²) in [4.78, 5) is 0. The van der Waals surface area contributed by atoms with E-state index >= 15 is 0 Å². The first-order valence-electron chi connectivity index (χ1n) is 15.5. The summed E-state index contributed by atoms with van der Waals surface area (Å²) in [6, 6.07) is 51.3. The lowest BCUT2D eigenvalue weighted by molar-refractivity contribution is 1.18. The fourth-order valence-electron chi connectivity index (χ4n) is 6.88. The minimum atomic E-state index is 0.386. The van der Waals surface area contributed by atoms with Crippen molar-refractivity contribution in [3.63, 3.8) is 0 Å². The summed E-state index contributed by atoms with van der Waals surface area (Å²) in [5.74, 6) is 0. The van der Waals surface area contributed by atoms with Crippen molar-refractivity contribution >= 4 is 66.5 Å². The maximum absolute atomic E-state index is 8.73. The van der Waals surface area contributed by atoms with Gasteiger partial charge in [-0.05, 0) is 86.8 Å². The average Bonchev–Trinajstić information content (AvgIpc) is 3.46. The van der Waals surface area contributed by atoms with Gasteiger partial charge in [0.1, 0.15) is 5.71 Å². The zero-order chi connectivity index (χ0) is 30.6. The van der Waals surface area contributed by atoms with Gasteiger partial charge in [-0.25, -0.2) is 0 Å². The highest BCUT2D eigenvalue weighted by Crippen LogP contribution is 2.37. The molecular formula is C42H28N4. The molecule has 1 aliphatic rings. The van der Waals surface area contributed by atoms with E-state index in [9.17, 15) is 0 Å². The molecule has 0 unspecified atom stereocenters. The number of hydrazone groups is 1. The van der Waals surface area contributed by atoms with E-state index < -0.39 is 0 Å². The molecule has 0 fully saturated rings. The highest BCUT2D eigenvalue weighted by molar-refractivity contribution is 6.55. The van der Waals surface area contributed by atoms with Gasteiger partial charge in [-0.2, -0.15) is 5.10 Å². The van der Waals surface area contributed by atoms with Crippen LogP contribution in [-0.4, -0.2) is 16.0 Å². The first-order valence-corrected chi connectivity index (χ1v) is 15.5. The molecule has 0 amide bonds. The second-order valence-corrected chi connectivity index (χ2v) is 11.7. The molecule has 9 rings (SSSR count). The molecule has 216 valence electrons. The number of benzene rings is 7. The Morgan fingerprint density at radius 3 is 2.11 bits per heavy atom. The Kier molecular flexibility index (Phi) is 5.93. The molecule has 0 radical (unpaired) electrons. The quantitative estimate of drug-likeness (QED) is 0.197. The number of aromatic nitrogens is 1. The first kappa shape index (κ1) is 26.2. The number of allylic oxidation sites excluding steroid dienone is 1. The summed E-state index contributed by atoms with van der Waals surface area (Å²) >= 11 is 0. The number of hydrogen-bond acceptors (Lipinski definition) is 3. The molecule has 7 aromatic carbocycles. The van der Waals surface area contributed by atoms with Gasteiger partial charge < -0.3 is 4.57 Å². The SMILES string of the molecule is N=C1C=Cc2ccc3ccc(-c4ccc(-n5c6ccccc6c6c7ccccc7ccc65)cc4)cc3c2/C1=N/Nc1ccccc1. The minimum Gasteiger partial charge on any atom is -0.309 e. The topological polar surface area (TPSA) is 53.2 Å². The number of anilines is 1. The van der Waals surface area contributed by atoms with Crippen LogP contribution >= 0.6 is 0 Å². The molecule has 46 heavy (non-hydrogen) atoms. The normalized spacial score (nSPS) is 13.7. The van der Waals surface area contributed by atoms with Crippen molar-refractivity contribution in [3.8, 4) is 16.8 Å². The molecule has 0 bridgehead atoms. The monoisotopic (exact) mass is 588 g/mol. The largest absolute Gasteiger partial charge is 0.309 e. The van der Waals surface area contributed by atoms with E-state index in [1.54, 1.807) is 0 Å². The lowest BCUT2D eigenvalue weighted by Gasteiger charge is -2.18. The maximum Gasteiger partial charge on any atom is 0.117 e. The van der Waals surface area contributed by atoms with Gasteiger partial charge in [-0.3, -0.25) is 10.8 Å². The number of para-hydroxylation sites is 2.